The van der Waals surface area contributed by atoms with Gasteiger partial charge in [-0.3, -0.25) is 4.79 Å². The van der Waals surface area contributed by atoms with E-state index in [1.807, 2.05) is 12.1 Å². The van der Waals surface area contributed by atoms with Crippen LogP contribution in [-0.4, -0.2) is 5.91 Å². The van der Waals surface area contributed by atoms with Crippen molar-refractivity contribution in [1.29, 1.82) is 0 Å². The quantitative estimate of drug-likeness (QED) is 0.413. The molecule has 0 spiro atoms. The summed E-state index contributed by atoms with van der Waals surface area (Å²) in [6.45, 7) is 4.46. The second kappa shape index (κ2) is 13.2. The lowest BCUT2D eigenvalue weighted by atomic mass is 10.1. The van der Waals surface area contributed by atoms with Crippen LogP contribution >= 0.6 is 0 Å². The Bertz CT molecular complexity index is 410. The molecule has 0 aliphatic heterocycles. The van der Waals surface area contributed by atoms with Crippen LogP contribution in [0, 0.1) is 0 Å². The van der Waals surface area contributed by atoms with Crippen LogP contribution in [0.5, 0.6) is 0 Å². The van der Waals surface area contributed by atoms with Crippen LogP contribution in [0.3, 0.4) is 0 Å². The summed E-state index contributed by atoms with van der Waals surface area (Å²) in [6.07, 6.45) is 14.3. The molecule has 0 aromatic heterocycles. The van der Waals surface area contributed by atoms with Gasteiger partial charge in [0.2, 0.25) is 5.91 Å². The van der Waals surface area contributed by atoms with Crippen molar-refractivity contribution in [3.05, 3.63) is 29.8 Å². The smallest absolute Gasteiger partial charge is 0.224 e. The van der Waals surface area contributed by atoms with Crippen LogP contribution in [0.25, 0.3) is 0 Å². The van der Waals surface area contributed by atoms with Gasteiger partial charge in [0.05, 0.1) is 0 Å². The van der Waals surface area contributed by atoms with Gasteiger partial charge in [0.15, 0.2) is 0 Å². The third kappa shape index (κ3) is 10.1. The van der Waals surface area contributed by atoms with Crippen molar-refractivity contribution < 1.29 is 4.79 Å². The topological polar surface area (TPSA) is 29.1 Å². The van der Waals surface area contributed by atoms with Crippen LogP contribution in [0.2, 0.25) is 0 Å². The normalized spacial score (nSPS) is 10.7. The molecule has 0 heterocycles. The molecule has 0 aliphatic carbocycles. The lowest BCUT2D eigenvalue weighted by Gasteiger charge is -2.07. The summed E-state index contributed by atoms with van der Waals surface area (Å²) in [5.74, 6) is 0.149. The van der Waals surface area contributed by atoms with E-state index in [4.69, 9.17) is 0 Å². The molecule has 23 heavy (non-hydrogen) atoms. The molecule has 1 N–H and O–H groups in total. The van der Waals surface area contributed by atoms with Crippen LogP contribution in [-0.2, 0) is 11.2 Å². The molecule has 0 unspecified atom stereocenters. The Balaban J connectivity index is 2.17. The van der Waals surface area contributed by atoms with Gasteiger partial charge in [-0.05, 0) is 37.0 Å². The van der Waals surface area contributed by atoms with E-state index in [9.17, 15) is 4.79 Å². The molecule has 0 bridgehead atoms. The largest absolute Gasteiger partial charge is 0.326 e. The molecule has 0 fully saturated rings. The molecule has 1 aromatic carbocycles. The Kier molecular flexibility index (Phi) is 11.3. The highest BCUT2D eigenvalue weighted by molar-refractivity contribution is 5.90. The van der Waals surface area contributed by atoms with E-state index in [-0.39, 0.29) is 5.91 Å². The van der Waals surface area contributed by atoms with Gasteiger partial charge in [-0.25, -0.2) is 0 Å². The summed E-state index contributed by atoms with van der Waals surface area (Å²) in [5.41, 5.74) is 2.30. The molecule has 2 nitrogen and oxygen atoms in total. The second-order valence-electron chi connectivity index (χ2n) is 6.57. The number of benzene rings is 1. The summed E-state index contributed by atoms with van der Waals surface area (Å²) >= 11 is 0. The number of anilines is 1. The van der Waals surface area contributed by atoms with Crippen LogP contribution < -0.4 is 5.32 Å². The summed E-state index contributed by atoms with van der Waals surface area (Å²) < 4.78 is 0. The first-order valence-electron chi connectivity index (χ1n) is 9.65. The van der Waals surface area contributed by atoms with E-state index in [1.54, 1.807) is 0 Å². The van der Waals surface area contributed by atoms with Crippen molar-refractivity contribution in [2.45, 2.75) is 90.9 Å². The van der Waals surface area contributed by atoms with Gasteiger partial charge >= 0.3 is 0 Å². The molecule has 0 radical (unpaired) electrons. The summed E-state index contributed by atoms with van der Waals surface area (Å²) in [4.78, 5) is 11.9. The number of amides is 1. The number of rotatable bonds is 13. The van der Waals surface area contributed by atoms with Crippen molar-refractivity contribution in [1.82, 2.24) is 0 Å². The predicted octanol–water partition coefficient (Wildman–Crippen LogP) is 6.50. The van der Waals surface area contributed by atoms with Gasteiger partial charge < -0.3 is 5.32 Å². The lowest BCUT2D eigenvalue weighted by Crippen LogP contribution is -2.11. The fourth-order valence-electron chi connectivity index (χ4n) is 2.80. The third-order valence-corrected chi connectivity index (χ3v) is 4.31. The van der Waals surface area contributed by atoms with Crippen LogP contribution in [0.4, 0.5) is 5.69 Å². The minimum absolute atomic E-state index is 0.149. The van der Waals surface area contributed by atoms with Crippen molar-refractivity contribution in [3.63, 3.8) is 0 Å². The highest BCUT2D eigenvalue weighted by Crippen LogP contribution is 2.14. The molecule has 0 saturated carbocycles. The molecule has 1 amide bonds. The third-order valence-electron chi connectivity index (χ3n) is 4.31. The zero-order valence-corrected chi connectivity index (χ0v) is 15.2. The van der Waals surface area contributed by atoms with E-state index < -0.39 is 0 Å². The molecule has 0 saturated heterocycles. The summed E-state index contributed by atoms with van der Waals surface area (Å²) in [6, 6.07) is 8.36. The molecular weight excluding hydrogens is 282 g/mol. The molecule has 130 valence electrons. The van der Waals surface area contributed by atoms with Gasteiger partial charge in [-0.2, -0.15) is 0 Å². The monoisotopic (exact) mass is 317 g/mol. The number of hydrogen-bond acceptors (Lipinski definition) is 1. The molecule has 1 aromatic rings. The average molecular weight is 318 g/mol. The number of aryl methyl sites for hydroxylation is 1. The maximum atomic E-state index is 11.9. The van der Waals surface area contributed by atoms with Gasteiger partial charge in [-0.1, -0.05) is 77.3 Å². The fourth-order valence-corrected chi connectivity index (χ4v) is 2.80. The Labute approximate surface area is 143 Å². The second-order valence-corrected chi connectivity index (χ2v) is 6.57. The first kappa shape index (κ1) is 19.7. The zero-order chi connectivity index (χ0) is 16.8. The van der Waals surface area contributed by atoms with Gasteiger partial charge in [-0.15, -0.1) is 0 Å². The Hall–Kier alpha value is -1.31. The number of nitrogens with one attached hydrogen (secondary N) is 1. The van der Waals surface area contributed by atoms with Crippen molar-refractivity contribution in [3.8, 4) is 0 Å². The van der Waals surface area contributed by atoms with Gasteiger partial charge in [0, 0.05) is 12.1 Å². The minimum atomic E-state index is 0.149. The molecule has 1 rings (SSSR count). The zero-order valence-electron chi connectivity index (χ0n) is 15.2. The van der Waals surface area contributed by atoms with Crippen molar-refractivity contribution in [2.24, 2.45) is 0 Å². The minimum Gasteiger partial charge on any atom is -0.326 e. The highest BCUT2D eigenvalue weighted by Gasteiger charge is 2.02. The first-order valence-corrected chi connectivity index (χ1v) is 9.65. The lowest BCUT2D eigenvalue weighted by molar-refractivity contribution is -0.116. The van der Waals surface area contributed by atoms with E-state index in [0.29, 0.717) is 6.42 Å². The predicted molar refractivity (Wildman–Crippen MR) is 101 cm³/mol. The van der Waals surface area contributed by atoms with Crippen LogP contribution in [0.1, 0.15) is 90.0 Å². The van der Waals surface area contributed by atoms with Crippen LogP contribution in [0.15, 0.2) is 24.3 Å². The number of carbonyl (C=O) groups excluding carboxylic acids is 1. The molecule has 0 aliphatic rings. The van der Waals surface area contributed by atoms with Crippen molar-refractivity contribution >= 4 is 11.6 Å². The Morgan fingerprint density at radius 1 is 0.783 bits per heavy atom. The van der Waals surface area contributed by atoms with E-state index in [0.717, 1.165) is 18.5 Å². The fraction of sp³-hybridized carbons (Fsp3) is 0.667. The number of unbranched alkanes of at least 4 members (excludes halogenated alkanes) is 8. The van der Waals surface area contributed by atoms with E-state index in [2.05, 4.69) is 31.3 Å². The maximum absolute atomic E-state index is 11.9. The standard InChI is InChI=1S/C21H35NO/c1-3-5-7-9-10-12-14-21(23)22-20-17-15-19(16-18-20)13-11-8-6-4-2/h15-18H,3-14H2,1-2H3,(H,22,23). The van der Waals surface area contributed by atoms with Gasteiger partial charge in [0.1, 0.15) is 0 Å². The average Bonchev–Trinajstić information content (AvgIpc) is 2.56. The maximum Gasteiger partial charge on any atom is 0.224 e. The van der Waals surface area contributed by atoms with E-state index in [1.165, 1.54) is 63.4 Å². The Morgan fingerprint density at radius 3 is 2.00 bits per heavy atom. The summed E-state index contributed by atoms with van der Waals surface area (Å²) in [5, 5.41) is 3.01. The number of hydrogen-bond donors (Lipinski definition) is 1. The van der Waals surface area contributed by atoms with Gasteiger partial charge in [0.25, 0.3) is 0 Å². The first-order chi connectivity index (χ1) is 11.3. The van der Waals surface area contributed by atoms with E-state index >= 15 is 0 Å². The molecule has 2 heteroatoms. The summed E-state index contributed by atoms with van der Waals surface area (Å²) in [7, 11) is 0. The van der Waals surface area contributed by atoms with Crippen molar-refractivity contribution in [2.75, 3.05) is 5.32 Å². The molecule has 0 atom stereocenters. The Morgan fingerprint density at radius 2 is 1.35 bits per heavy atom. The SMILES string of the molecule is CCCCCCCCC(=O)Nc1ccc(CCCCCC)cc1. The number of carbonyl (C=O) groups is 1. The highest BCUT2D eigenvalue weighted by atomic mass is 16.1. The molecular formula is C21H35NO.